The molecule has 0 spiro atoms. The van der Waals surface area contributed by atoms with E-state index in [4.69, 9.17) is 29.9 Å². The van der Waals surface area contributed by atoms with Gasteiger partial charge in [-0.25, -0.2) is 4.79 Å². The molecule has 0 aliphatic carbocycles. The Kier molecular flexibility index (Phi) is 4.63. The lowest BCUT2D eigenvalue weighted by molar-refractivity contribution is 0.0731. The van der Waals surface area contributed by atoms with Crippen molar-refractivity contribution in [2.75, 3.05) is 7.11 Å². The van der Waals surface area contributed by atoms with Crippen LogP contribution in [0.5, 0.6) is 11.5 Å². The normalized spacial score (nSPS) is 10.8. The molecule has 6 nitrogen and oxygen atoms in total. The third-order valence-corrected chi connectivity index (χ3v) is 4.31. The monoisotopic (exact) mass is 396 g/mol. The summed E-state index contributed by atoms with van der Waals surface area (Å²) >= 11 is 5.99. The van der Waals surface area contributed by atoms with Gasteiger partial charge in [0.15, 0.2) is 5.76 Å². The summed E-state index contributed by atoms with van der Waals surface area (Å²) in [5, 5.41) is 0.554. The van der Waals surface area contributed by atoms with Gasteiger partial charge in [-0.1, -0.05) is 11.6 Å². The molecule has 0 N–H and O–H groups in total. The van der Waals surface area contributed by atoms with E-state index in [9.17, 15) is 9.59 Å². The summed E-state index contributed by atoms with van der Waals surface area (Å²) in [5.74, 6) is -0.125. The molecule has 0 unspecified atom stereocenters. The van der Waals surface area contributed by atoms with Gasteiger partial charge in [-0.15, -0.1) is 0 Å². The second kappa shape index (κ2) is 7.25. The zero-order chi connectivity index (χ0) is 19.7. The van der Waals surface area contributed by atoms with Crippen molar-refractivity contribution in [3.05, 3.63) is 81.7 Å². The fraction of sp³-hybridized carbons (Fsp3) is 0.0476. The summed E-state index contributed by atoms with van der Waals surface area (Å²) in [6, 6.07) is 14.2. The number of fused-ring (bicyclic) bond motifs is 1. The van der Waals surface area contributed by atoms with Gasteiger partial charge in [0.1, 0.15) is 11.3 Å². The molecule has 0 amide bonds. The lowest BCUT2D eigenvalue weighted by Gasteiger charge is -2.09. The molecule has 0 radical (unpaired) electrons. The van der Waals surface area contributed by atoms with E-state index in [0.29, 0.717) is 16.4 Å². The second-order valence-corrected chi connectivity index (χ2v) is 6.26. The highest BCUT2D eigenvalue weighted by atomic mass is 35.5. The zero-order valence-electron chi connectivity index (χ0n) is 14.6. The minimum atomic E-state index is -0.718. The number of rotatable bonds is 4. The van der Waals surface area contributed by atoms with E-state index in [1.807, 2.05) is 0 Å². The smallest absolute Gasteiger partial charge is 0.343 e. The molecule has 0 fully saturated rings. The van der Waals surface area contributed by atoms with Crippen LogP contribution < -0.4 is 14.9 Å². The van der Waals surface area contributed by atoms with Gasteiger partial charge in [0.2, 0.25) is 16.9 Å². The van der Waals surface area contributed by atoms with Gasteiger partial charge in [0.25, 0.3) is 0 Å². The van der Waals surface area contributed by atoms with Gasteiger partial charge in [0.05, 0.1) is 24.3 Å². The quantitative estimate of drug-likeness (QED) is 0.455. The molecule has 28 heavy (non-hydrogen) atoms. The molecule has 0 saturated carbocycles. The van der Waals surface area contributed by atoms with E-state index >= 15 is 0 Å². The predicted molar refractivity (Wildman–Crippen MR) is 103 cm³/mol. The zero-order valence-corrected chi connectivity index (χ0v) is 15.4. The number of methoxy groups -OCH3 is 1. The molecule has 0 aliphatic heterocycles. The molecular weight excluding hydrogens is 384 g/mol. The standard InChI is InChI=1S/C21H13ClO6/c1-25-14-7-4-12(5-8-14)21(24)28-20-18(23)15-11-13(22)6-9-16(15)27-19(20)17-3-2-10-26-17/h2-11H,1H3. The highest BCUT2D eigenvalue weighted by molar-refractivity contribution is 6.31. The van der Waals surface area contributed by atoms with Gasteiger partial charge in [-0.05, 0) is 54.6 Å². The second-order valence-electron chi connectivity index (χ2n) is 5.83. The minimum absolute atomic E-state index is 0.0201. The summed E-state index contributed by atoms with van der Waals surface area (Å²) in [7, 11) is 1.52. The Morgan fingerprint density at radius 1 is 1.07 bits per heavy atom. The van der Waals surface area contributed by atoms with E-state index in [2.05, 4.69) is 0 Å². The van der Waals surface area contributed by atoms with Crippen LogP contribution in [0.15, 0.2) is 74.5 Å². The summed E-state index contributed by atoms with van der Waals surface area (Å²) in [5.41, 5.74) is 0.0128. The van der Waals surface area contributed by atoms with E-state index < -0.39 is 11.4 Å². The first kappa shape index (κ1) is 17.9. The number of carbonyl (C=O) groups excluding carboxylic acids is 1. The fourth-order valence-corrected chi connectivity index (χ4v) is 2.86. The maximum absolute atomic E-state index is 13.0. The van der Waals surface area contributed by atoms with Gasteiger partial charge in [0, 0.05) is 5.02 Å². The third-order valence-electron chi connectivity index (χ3n) is 4.08. The topological polar surface area (TPSA) is 78.9 Å². The number of hydrogen-bond acceptors (Lipinski definition) is 6. The molecule has 2 heterocycles. The molecule has 2 aromatic carbocycles. The Morgan fingerprint density at radius 2 is 1.86 bits per heavy atom. The molecule has 2 aromatic heterocycles. The number of esters is 1. The molecule has 7 heteroatoms. The first-order valence-corrected chi connectivity index (χ1v) is 8.61. The van der Waals surface area contributed by atoms with Crippen LogP contribution in [0.3, 0.4) is 0 Å². The number of furan rings is 1. The third kappa shape index (κ3) is 3.25. The fourth-order valence-electron chi connectivity index (χ4n) is 2.69. The Hall–Kier alpha value is -3.51. The van der Waals surface area contributed by atoms with Gasteiger partial charge >= 0.3 is 5.97 Å². The predicted octanol–water partition coefficient (Wildman–Crippen LogP) is 4.93. The molecule has 4 aromatic rings. The first-order valence-electron chi connectivity index (χ1n) is 8.23. The number of hydrogen-bond donors (Lipinski definition) is 0. The van der Waals surface area contributed by atoms with E-state index in [1.54, 1.807) is 36.4 Å². The summed E-state index contributed by atoms with van der Waals surface area (Å²) in [6.07, 6.45) is 1.43. The number of benzene rings is 2. The molecular formula is C21H13ClO6. The van der Waals surface area contributed by atoms with Crippen molar-refractivity contribution in [1.29, 1.82) is 0 Å². The molecule has 4 rings (SSSR count). The van der Waals surface area contributed by atoms with Crippen molar-refractivity contribution in [3.63, 3.8) is 0 Å². The van der Waals surface area contributed by atoms with Crippen molar-refractivity contribution in [3.8, 4) is 23.0 Å². The molecule has 0 saturated heterocycles. The van der Waals surface area contributed by atoms with Crippen molar-refractivity contribution in [1.82, 2.24) is 0 Å². The summed E-state index contributed by atoms with van der Waals surface area (Å²) in [6.45, 7) is 0. The average molecular weight is 397 g/mol. The maximum atomic E-state index is 13.0. The number of halogens is 1. The summed E-state index contributed by atoms with van der Waals surface area (Å²) < 4.78 is 21.6. The van der Waals surface area contributed by atoms with Crippen LogP contribution in [0.1, 0.15) is 10.4 Å². The Bertz CT molecular complexity index is 1210. The number of carbonyl (C=O) groups is 1. The molecule has 0 bridgehead atoms. The summed E-state index contributed by atoms with van der Waals surface area (Å²) in [4.78, 5) is 25.6. The lowest BCUT2D eigenvalue weighted by Crippen LogP contribution is -2.16. The molecule has 0 atom stereocenters. The maximum Gasteiger partial charge on any atom is 0.343 e. The number of ether oxygens (including phenoxy) is 2. The van der Waals surface area contributed by atoms with Crippen LogP contribution in [0.4, 0.5) is 0 Å². The SMILES string of the molecule is COc1ccc(C(=O)Oc2c(-c3ccco3)oc3ccc(Cl)cc3c2=O)cc1. The van der Waals surface area contributed by atoms with Gasteiger partial charge in [-0.2, -0.15) is 0 Å². The van der Waals surface area contributed by atoms with Crippen LogP contribution in [0.25, 0.3) is 22.5 Å². The molecule has 140 valence electrons. The van der Waals surface area contributed by atoms with Gasteiger partial charge in [-0.3, -0.25) is 4.79 Å². The minimum Gasteiger partial charge on any atom is -0.497 e. The van der Waals surface area contributed by atoms with E-state index in [0.717, 1.165) is 0 Å². The van der Waals surface area contributed by atoms with E-state index in [-0.39, 0.29) is 28.2 Å². The van der Waals surface area contributed by atoms with Crippen LogP contribution >= 0.6 is 11.6 Å². The largest absolute Gasteiger partial charge is 0.497 e. The van der Waals surface area contributed by atoms with Crippen molar-refractivity contribution >= 4 is 28.5 Å². The van der Waals surface area contributed by atoms with Crippen LogP contribution in [0, 0.1) is 0 Å². The Balaban J connectivity index is 1.84. The van der Waals surface area contributed by atoms with E-state index in [1.165, 1.54) is 31.6 Å². The van der Waals surface area contributed by atoms with Crippen molar-refractivity contribution < 1.29 is 23.1 Å². The Morgan fingerprint density at radius 3 is 2.54 bits per heavy atom. The van der Waals surface area contributed by atoms with Crippen LogP contribution in [-0.4, -0.2) is 13.1 Å². The van der Waals surface area contributed by atoms with Crippen LogP contribution in [0.2, 0.25) is 5.02 Å². The first-order chi connectivity index (χ1) is 13.6. The lowest BCUT2D eigenvalue weighted by atomic mass is 10.2. The van der Waals surface area contributed by atoms with Gasteiger partial charge < -0.3 is 18.3 Å². The highest BCUT2D eigenvalue weighted by Crippen LogP contribution is 2.32. The van der Waals surface area contributed by atoms with Crippen molar-refractivity contribution in [2.45, 2.75) is 0 Å². The Labute approximate surface area is 163 Å². The highest BCUT2D eigenvalue weighted by Gasteiger charge is 2.23. The van der Waals surface area contributed by atoms with Crippen LogP contribution in [-0.2, 0) is 0 Å². The van der Waals surface area contributed by atoms with Crippen molar-refractivity contribution in [2.24, 2.45) is 0 Å². The molecule has 0 aliphatic rings. The average Bonchev–Trinajstić information content (AvgIpc) is 3.25.